The van der Waals surface area contributed by atoms with Crippen molar-refractivity contribution in [3.63, 3.8) is 0 Å². The van der Waals surface area contributed by atoms with Gasteiger partial charge in [-0.15, -0.1) is 11.8 Å². The SMILES string of the molecule is Cc1ccc(SCC(=O)c2cc(C)cc([N+](=O)[O-])c2O)cc1. The van der Waals surface area contributed by atoms with Crippen molar-refractivity contribution in [2.24, 2.45) is 0 Å². The van der Waals surface area contributed by atoms with Gasteiger partial charge in [-0.05, 0) is 37.6 Å². The minimum Gasteiger partial charge on any atom is -0.502 e. The molecule has 0 aliphatic carbocycles. The number of ketones is 1. The number of phenolic OH excluding ortho intramolecular Hbond substituents is 1. The van der Waals surface area contributed by atoms with Crippen molar-refractivity contribution in [1.29, 1.82) is 0 Å². The molecule has 0 bridgehead atoms. The number of nitro groups is 1. The Bertz CT molecular complexity index is 726. The average molecular weight is 317 g/mol. The highest BCUT2D eigenvalue weighted by Crippen LogP contribution is 2.32. The molecule has 0 fully saturated rings. The third-order valence-corrected chi connectivity index (χ3v) is 4.13. The second-order valence-electron chi connectivity index (χ2n) is 4.96. The van der Waals surface area contributed by atoms with Gasteiger partial charge in [0.2, 0.25) is 5.75 Å². The summed E-state index contributed by atoms with van der Waals surface area (Å²) in [5.74, 6) is -0.794. The van der Waals surface area contributed by atoms with Crippen LogP contribution in [0.4, 0.5) is 5.69 Å². The van der Waals surface area contributed by atoms with E-state index in [1.54, 1.807) is 6.92 Å². The highest BCUT2D eigenvalue weighted by atomic mass is 32.2. The number of hydrogen-bond acceptors (Lipinski definition) is 5. The zero-order valence-corrected chi connectivity index (χ0v) is 13.0. The van der Waals surface area contributed by atoms with Gasteiger partial charge in [0.15, 0.2) is 5.78 Å². The number of nitro benzene ring substituents is 1. The van der Waals surface area contributed by atoms with Crippen molar-refractivity contribution >= 4 is 23.2 Å². The maximum atomic E-state index is 12.2. The first-order valence-corrected chi connectivity index (χ1v) is 7.57. The first kappa shape index (κ1) is 16.0. The number of carbonyl (C=O) groups is 1. The predicted octanol–water partition coefficient (Wildman–Crippen LogP) is 3.89. The standard InChI is InChI=1S/C16H15NO4S/c1-10-3-5-12(6-4-10)22-9-15(18)13-7-11(2)8-14(16(13)19)17(20)21/h3-8,19H,9H2,1-2H3. The van der Waals surface area contributed by atoms with E-state index in [0.717, 1.165) is 10.5 Å². The van der Waals surface area contributed by atoms with E-state index in [4.69, 9.17) is 0 Å². The average Bonchev–Trinajstić information content (AvgIpc) is 2.48. The van der Waals surface area contributed by atoms with Crippen LogP contribution in [-0.4, -0.2) is 21.6 Å². The van der Waals surface area contributed by atoms with Gasteiger partial charge in [0.1, 0.15) is 0 Å². The van der Waals surface area contributed by atoms with Crippen molar-refractivity contribution in [3.05, 3.63) is 63.2 Å². The van der Waals surface area contributed by atoms with Crippen molar-refractivity contribution in [2.45, 2.75) is 18.7 Å². The zero-order valence-electron chi connectivity index (χ0n) is 12.2. The number of aromatic hydroxyl groups is 1. The number of benzene rings is 2. The van der Waals surface area contributed by atoms with Gasteiger partial charge >= 0.3 is 5.69 Å². The maximum absolute atomic E-state index is 12.2. The Labute approximate surface area is 132 Å². The summed E-state index contributed by atoms with van der Waals surface area (Å²) in [6.07, 6.45) is 0. The molecule has 0 aliphatic heterocycles. The van der Waals surface area contributed by atoms with E-state index in [1.165, 1.54) is 23.9 Å². The lowest BCUT2D eigenvalue weighted by atomic mass is 10.1. The molecule has 0 amide bonds. The molecule has 6 heteroatoms. The minimum atomic E-state index is -0.688. The van der Waals surface area contributed by atoms with E-state index in [9.17, 15) is 20.0 Å². The Morgan fingerprint density at radius 1 is 1.18 bits per heavy atom. The molecule has 0 unspecified atom stereocenters. The van der Waals surface area contributed by atoms with Crippen LogP contribution < -0.4 is 0 Å². The van der Waals surface area contributed by atoms with Crippen molar-refractivity contribution < 1.29 is 14.8 Å². The number of phenols is 1. The molecule has 0 saturated heterocycles. The summed E-state index contributed by atoms with van der Waals surface area (Å²) < 4.78 is 0. The number of thioether (sulfide) groups is 1. The van der Waals surface area contributed by atoms with Gasteiger partial charge in [-0.3, -0.25) is 14.9 Å². The predicted molar refractivity (Wildman–Crippen MR) is 85.7 cm³/mol. The zero-order chi connectivity index (χ0) is 16.3. The molecule has 0 aromatic heterocycles. The van der Waals surface area contributed by atoms with Gasteiger partial charge in [-0.2, -0.15) is 0 Å². The van der Waals surface area contributed by atoms with E-state index in [-0.39, 0.29) is 17.1 Å². The second kappa shape index (κ2) is 6.62. The third-order valence-electron chi connectivity index (χ3n) is 3.12. The van der Waals surface area contributed by atoms with Gasteiger partial charge in [0, 0.05) is 11.0 Å². The molecule has 2 aromatic carbocycles. The molecule has 0 atom stereocenters. The smallest absolute Gasteiger partial charge is 0.311 e. The molecule has 114 valence electrons. The molecule has 0 saturated carbocycles. The lowest BCUT2D eigenvalue weighted by molar-refractivity contribution is -0.385. The number of carbonyl (C=O) groups excluding carboxylic acids is 1. The van der Waals surface area contributed by atoms with Crippen molar-refractivity contribution in [1.82, 2.24) is 0 Å². The molecule has 22 heavy (non-hydrogen) atoms. The fourth-order valence-electron chi connectivity index (χ4n) is 1.97. The fraction of sp³-hybridized carbons (Fsp3) is 0.188. The Morgan fingerprint density at radius 3 is 2.41 bits per heavy atom. The quantitative estimate of drug-likeness (QED) is 0.391. The fourth-order valence-corrected chi connectivity index (χ4v) is 2.75. The number of nitrogens with zero attached hydrogens (tertiary/aromatic N) is 1. The normalized spacial score (nSPS) is 10.5. The molecule has 5 nitrogen and oxygen atoms in total. The Kier molecular flexibility index (Phi) is 4.82. The molecule has 2 aromatic rings. The van der Waals surface area contributed by atoms with Crippen LogP contribution in [0.5, 0.6) is 5.75 Å². The second-order valence-corrected chi connectivity index (χ2v) is 6.01. The Balaban J connectivity index is 2.19. The van der Waals surface area contributed by atoms with E-state index >= 15 is 0 Å². The van der Waals surface area contributed by atoms with E-state index < -0.39 is 16.4 Å². The van der Waals surface area contributed by atoms with Crippen LogP contribution in [0.3, 0.4) is 0 Å². The first-order chi connectivity index (χ1) is 10.4. The summed E-state index contributed by atoms with van der Waals surface area (Å²) in [6, 6.07) is 10.4. The van der Waals surface area contributed by atoms with Crippen LogP contribution in [0, 0.1) is 24.0 Å². The van der Waals surface area contributed by atoms with Crippen LogP contribution >= 0.6 is 11.8 Å². The van der Waals surface area contributed by atoms with Gasteiger partial charge in [-0.25, -0.2) is 0 Å². The summed E-state index contributed by atoms with van der Waals surface area (Å²) >= 11 is 1.33. The highest BCUT2D eigenvalue weighted by molar-refractivity contribution is 8.00. The maximum Gasteiger partial charge on any atom is 0.311 e. The summed E-state index contributed by atoms with van der Waals surface area (Å²) in [7, 11) is 0. The molecule has 1 N–H and O–H groups in total. The lowest BCUT2D eigenvalue weighted by Gasteiger charge is -2.06. The van der Waals surface area contributed by atoms with Crippen LogP contribution in [0.25, 0.3) is 0 Å². The summed E-state index contributed by atoms with van der Waals surface area (Å²) in [6.45, 7) is 3.62. The van der Waals surface area contributed by atoms with Crippen molar-refractivity contribution in [2.75, 3.05) is 5.75 Å². The molecule has 2 rings (SSSR count). The van der Waals surface area contributed by atoms with Gasteiger partial charge in [0.25, 0.3) is 0 Å². The van der Waals surface area contributed by atoms with E-state index in [0.29, 0.717) is 5.56 Å². The minimum absolute atomic E-state index is 0.00804. The summed E-state index contributed by atoms with van der Waals surface area (Å²) in [5, 5.41) is 20.8. The Morgan fingerprint density at radius 2 is 1.82 bits per heavy atom. The lowest BCUT2D eigenvalue weighted by Crippen LogP contribution is -2.05. The van der Waals surface area contributed by atoms with Gasteiger partial charge in [0.05, 0.1) is 16.2 Å². The molecule has 0 spiro atoms. The molecule has 0 heterocycles. The number of hydrogen-bond donors (Lipinski definition) is 1. The summed E-state index contributed by atoms with van der Waals surface area (Å²) in [4.78, 5) is 23.4. The van der Waals surface area contributed by atoms with E-state index in [2.05, 4.69) is 0 Å². The third kappa shape index (κ3) is 3.65. The van der Waals surface area contributed by atoms with Crippen LogP contribution in [0.2, 0.25) is 0 Å². The largest absolute Gasteiger partial charge is 0.502 e. The number of aryl methyl sites for hydroxylation is 2. The van der Waals surface area contributed by atoms with Gasteiger partial charge < -0.3 is 5.11 Å². The van der Waals surface area contributed by atoms with Crippen LogP contribution in [0.15, 0.2) is 41.3 Å². The van der Waals surface area contributed by atoms with Gasteiger partial charge in [-0.1, -0.05) is 17.7 Å². The topological polar surface area (TPSA) is 80.4 Å². The molecule has 0 radical (unpaired) electrons. The highest BCUT2D eigenvalue weighted by Gasteiger charge is 2.22. The summed E-state index contributed by atoms with van der Waals surface area (Å²) in [5.41, 5.74) is 1.24. The number of rotatable bonds is 5. The van der Waals surface area contributed by atoms with Crippen LogP contribution in [0.1, 0.15) is 21.5 Å². The first-order valence-electron chi connectivity index (χ1n) is 6.59. The van der Waals surface area contributed by atoms with E-state index in [1.807, 2.05) is 31.2 Å². The monoisotopic (exact) mass is 317 g/mol. The molecule has 0 aliphatic rings. The molecular weight excluding hydrogens is 302 g/mol. The van der Waals surface area contributed by atoms with Crippen LogP contribution in [-0.2, 0) is 0 Å². The van der Waals surface area contributed by atoms with Crippen molar-refractivity contribution in [3.8, 4) is 5.75 Å². The Hall–Kier alpha value is -2.34. The number of Topliss-reactive ketones (excluding diaryl/α,β-unsaturated/α-hetero) is 1. The molecular formula is C16H15NO4S.